The fraction of sp³-hybridized carbons (Fsp3) is 0.455. The van der Waals surface area contributed by atoms with Gasteiger partial charge in [0, 0.05) is 43.5 Å². The van der Waals surface area contributed by atoms with Gasteiger partial charge in [0.15, 0.2) is 0 Å². The average Bonchev–Trinajstić information content (AvgIpc) is 3.28. The van der Waals surface area contributed by atoms with E-state index in [0.29, 0.717) is 31.7 Å². The van der Waals surface area contributed by atoms with E-state index in [1.165, 1.54) is 0 Å². The maximum Gasteiger partial charge on any atom is 0.251 e. The van der Waals surface area contributed by atoms with Gasteiger partial charge in [-0.3, -0.25) is 9.59 Å². The molecule has 156 valence electrons. The van der Waals surface area contributed by atoms with Crippen molar-refractivity contribution in [3.63, 3.8) is 0 Å². The zero-order valence-corrected chi connectivity index (χ0v) is 17.7. The topological polar surface area (TPSA) is 67.9 Å². The Kier molecular flexibility index (Phi) is 7.66. The maximum absolute atomic E-state index is 12.4. The molecule has 1 aliphatic heterocycles. The van der Waals surface area contributed by atoms with Gasteiger partial charge in [-0.25, -0.2) is 0 Å². The molecule has 1 aromatic carbocycles. The van der Waals surface area contributed by atoms with Crippen molar-refractivity contribution in [2.24, 2.45) is 0 Å². The number of carbonyl (C=O) groups excluding carboxylic acids is 2. The monoisotopic (exact) mass is 416 g/mol. The Morgan fingerprint density at radius 2 is 1.93 bits per heavy atom. The third-order valence-electron chi connectivity index (χ3n) is 5.05. The molecule has 1 unspecified atom stereocenters. The van der Waals surface area contributed by atoms with Crippen molar-refractivity contribution in [3.05, 3.63) is 52.2 Å². The van der Waals surface area contributed by atoms with Crippen LogP contribution in [0.4, 0.5) is 0 Å². The zero-order valence-electron chi connectivity index (χ0n) is 16.9. The smallest absolute Gasteiger partial charge is 0.251 e. The molecule has 0 radical (unpaired) electrons. The van der Waals surface area contributed by atoms with Crippen molar-refractivity contribution in [2.75, 3.05) is 26.8 Å². The predicted molar refractivity (Wildman–Crippen MR) is 113 cm³/mol. The fourth-order valence-corrected chi connectivity index (χ4v) is 4.07. The van der Waals surface area contributed by atoms with Gasteiger partial charge in [0.25, 0.3) is 5.91 Å². The first-order valence-corrected chi connectivity index (χ1v) is 10.8. The molecule has 6 nitrogen and oxygen atoms in total. The first-order chi connectivity index (χ1) is 14.1. The molecule has 0 saturated carbocycles. The van der Waals surface area contributed by atoms with Gasteiger partial charge in [-0.1, -0.05) is 6.07 Å². The Balaban J connectivity index is 1.46. The highest BCUT2D eigenvalue weighted by Crippen LogP contribution is 2.21. The summed E-state index contributed by atoms with van der Waals surface area (Å²) in [6.45, 7) is 3.84. The SMILES string of the molecule is COCCC(=O)N1CCC(Oc2ccc(C(=O)NC(C)c3cccs3)cc2)CC1. The van der Waals surface area contributed by atoms with Gasteiger partial charge in [0.2, 0.25) is 5.91 Å². The number of hydrogen-bond acceptors (Lipinski definition) is 5. The van der Waals surface area contributed by atoms with E-state index in [1.54, 1.807) is 30.6 Å². The summed E-state index contributed by atoms with van der Waals surface area (Å²) in [5.74, 6) is 0.787. The summed E-state index contributed by atoms with van der Waals surface area (Å²) in [5.41, 5.74) is 0.610. The van der Waals surface area contributed by atoms with Crippen LogP contribution in [0.1, 0.15) is 47.5 Å². The summed E-state index contributed by atoms with van der Waals surface area (Å²) in [6.07, 6.45) is 2.12. The summed E-state index contributed by atoms with van der Waals surface area (Å²) in [4.78, 5) is 27.5. The number of carbonyl (C=O) groups is 2. The van der Waals surface area contributed by atoms with Gasteiger partial charge in [0.05, 0.1) is 19.1 Å². The van der Waals surface area contributed by atoms with E-state index in [1.807, 2.05) is 41.5 Å². The van der Waals surface area contributed by atoms with Gasteiger partial charge in [-0.2, -0.15) is 0 Å². The van der Waals surface area contributed by atoms with Crippen molar-refractivity contribution in [3.8, 4) is 5.75 Å². The molecular weight excluding hydrogens is 388 g/mol. The largest absolute Gasteiger partial charge is 0.490 e. The van der Waals surface area contributed by atoms with Gasteiger partial charge in [0.1, 0.15) is 11.9 Å². The van der Waals surface area contributed by atoms with E-state index in [-0.39, 0.29) is 24.0 Å². The summed E-state index contributed by atoms with van der Waals surface area (Å²) >= 11 is 1.63. The van der Waals surface area contributed by atoms with Crippen LogP contribution in [0.25, 0.3) is 0 Å². The van der Waals surface area contributed by atoms with Crippen LogP contribution in [0.2, 0.25) is 0 Å². The number of hydrogen-bond donors (Lipinski definition) is 1. The molecule has 1 atom stereocenters. The number of nitrogens with one attached hydrogen (secondary N) is 1. The van der Waals surface area contributed by atoms with Gasteiger partial charge in [-0.05, 0) is 42.6 Å². The minimum Gasteiger partial charge on any atom is -0.490 e. The molecule has 2 aromatic rings. The van der Waals surface area contributed by atoms with Crippen molar-refractivity contribution < 1.29 is 19.1 Å². The lowest BCUT2D eigenvalue weighted by Gasteiger charge is -2.32. The number of ether oxygens (including phenoxy) is 2. The molecule has 1 N–H and O–H groups in total. The lowest BCUT2D eigenvalue weighted by Crippen LogP contribution is -2.42. The maximum atomic E-state index is 12.4. The van der Waals surface area contributed by atoms with E-state index in [4.69, 9.17) is 9.47 Å². The van der Waals surface area contributed by atoms with Crippen LogP contribution in [0.3, 0.4) is 0 Å². The second-order valence-corrected chi connectivity index (χ2v) is 8.16. The van der Waals surface area contributed by atoms with Crippen molar-refractivity contribution in [1.82, 2.24) is 10.2 Å². The van der Waals surface area contributed by atoms with Gasteiger partial charge >= 0.3 is 0 Å². The molecule has 2 heterocycles. The van der Waals surface area contributed by atoms with Gasteiger partial charge < -0.3 is 19.7 Å². The van der Waals surface area contributed by atoms with E-state index >= 15 is 0 Å². The number of piperidine rings is 1. The Hall–Kier alpha value is -2.38. The molecule has 1 aliphatic rings. The lowest BCUT2D eigenvalue weighted by atomic mass is 10.1. The average molecular weight is 417 g/mol. The second-order valence-electron chi connectivity index (χ2n) is 7.18. The van der Waals surface area contributed by atoms with Crippen molar-refractivity contribution in [1.29, 1.82) is 0 Å². The standard InChI is InChI=1S/C22H28N2O4S/c1-16(20-4-3-15-29-20)23-22(26)17-5-7-18(8-6-17)28-19-9-12-24(13-10-19)21(25)11-14-27-2/h3-8,15-16,19H,9-14H2,1-2H3,(H,23,26). The summed E-state index contributed by atoms with van der Waals surface area (Å²) in [7, 11) is 1.60. The normalized spacial score (nSPS) is 15.7. The quantitative estimate of drug-likeness (QED) is 0.713. The Morgan fingerprint density at radius 3 is 2.55 bits per heavy atom. The number of benzene rings is 1. The van der Waals surface area contributed by atoms with Crippen LogP contribution in [0.15, 0.2) is 41.8 Å². The molecule has 0 spiro atoms. The third kappa shape index (κ3) is 6.05. The zero-order chi connectivity index (χ0) is 20.6. The highest BCUT2D eigenvalue weighted by atomic mass is 32.1. The minimum absolute atomic E-state index is 0.0183. The molecule has 3 rings (SSSR count). The highest BCUT2D eigenvalue weighted by Gasteiger charge is 2.23. The van der Waals surface area contributed by atoms with E-state index in [0.717, 1.165) is 23.5 Å². The first kappa shape index (κ1) is 21.3. The number of likely N-dealkylation sites (tertiary alicyclic amines) is 1. The summed E-state index contributed by atoms with van der Waals surface area (Å²) in [6, 6.07) is 11.2. The second kappa shape index (κ2) is 10.4. The Morgan fingerprint density at radius 1 is 1.21 bits per heavy atom. The van der Waals surface area contributed by atoms with Crippen LogP contribution in [-0.2, 0) is 9.53 Å². The van der Waals surface area contributed by atoms with Crippen LogP contribution in [0, 0.1) is 0 Å². The van der Waals surface area contributed by atoms with Crippen molar-refractivity contribution >= 4 is 23.2 Å². The van der Waals surface area contributed by atoms with Crippen molar-refractivity contribution in [2.45, 2.75) is 38.3 Å². The minimum atomic E-state index is -0.0969. The van der Waals surface area contributed by atoms with Crippen LogP contribution in [-0.4, -0.2) is 49.6 Å². The number of nitrogens with zero attached hydrogens (tertiary/aromatic N) is 1. The molecule has 0 bridgehead atoms. The molecule has 1 fully saturated rings. The molecule has 29 heavy (non-hydrogen) atoms. The van der Waals surface area contributed by atoms with Crippen LogP contribution < -0.4 is 10.1 Å². The molecule has 7 heteroatoms. The Labute approximate surface area is 175 Å². The molecule has 0 aliphatic carbocycles. The Bertz CT molecular complexity index is 784. The first-order valence-electron chi connectivity index (χ1n) is 9.94. The van der Waals surface area contributed by atoms with E-state index in [2.05, 4.69) is 5.32 Å². The lowest BCUT2D eigenvalue weighted by molar-refractivity contribution is -0.133. The number of thiophene rings is 1. The highest BCUT2D eigenvalue weighted by molar-refractivity contribution is 7.10. The summed E-state index contributed by atoms with van der Waals surface area (Å²) < 4.78 is 11.0. The number of rotatable bonds is 8. The molecule has 1 aromatic heterocycles. The molecular formula is C22H28N2O4S. The number of methoxy groups -OCH3 is 1. The van der Waals surface area contributed by atoms with E-state index in [9.17, 15) is 9.59 Å². The molecule has 1 saturated heterocycles. The number of amides is 2. The fourth-order valence-electron chi connectivity index (χ4n) is 3.34. The third-order valence-corrected chi connectivity index (χ3v) is 6.11. The van der Waals surface area contributed by atoms with E-state index < -0.39 is 0 Å². The van der Waals surface area contributed by atoms with Crippen LogP contribution >= 0.6 is 11.3 Å². The van der Waals surface area contributed by atoms with Crippen LogP contribution in [0.5, 0.6) is 5.75 Å². The molecule has 2 amide bonds. The van der Waals surface area contributed by atoms with Gasteiger partial charge in [-0.15, -0.1) is 11.3 Å². The predicted octanol–water partition coefficient (Wildman–Crippen LogP) is 3.65. The summed E-state index contributed by atoms with van der Waals surface area (Å²) in [5, 5.41) is 5.02.